The number of rotatable bonds is 2. The first-order valence-corrected chi connectivity index (χ1v) is 5.68. The highest BCUT2D eigenvalue weighted by Gasteiger charge is 2.52. The zero-order valence-electron chi connectivity index (χ0n) is 10.2. The molecule has 0 spiro atoms. The molecule has 1 N–H and O–H groups in total. The van der Waals surface area contributed by atoms with Crippen LogP contribution < -0.4 is 0 Å². The van der Waals surface area contributed by atoms with Crippen LogP contribution in [0.25, 0.3) is 0 Å². The van der Waals surface area contributed by atoms with Crippen LogP contribution in [0.5, 0.6) is 0 Å². The molecule has 2 rings (SSSR count). The maximum absolute atomic E-state index is 11.1. The van der Waals surface area contributed by atoms with Crippen molar-refractivity contribution >= 4 is 5.97 Å². The maximum Gasteiger partial charge on any atom is 0.303 e. The average Bonchev–Trinajstić information content (AvgIpc) is 2.54. The van der Waals surface area contributed by atoms with E-state index < -0.39 is 24.0 Å². The van der Waals surface area contributed by atoms with Gasteiger partial charge in [0.15, 0.2) is 11.9 Å². The Hall–Kier alpha value is -0.690. The maximum atomic E-state index is 11.1. The summed E-state index contributed by atoms with van der Waals surface area (Å²) >= 11 is 0. The summed E-state index contributed by atoms with van der Waals surface area (Å²) in [6, 6.07) is 0. The lowest BCUT2D eigenvalue weighted by Gasteiger charge is -2.38. The molecule has 17 heavy (non-hydrogen) atoms. The highest BCUT2D eigenvalue weighted by Crippen LogP contribution is 2.34. The molecule has 0 aliphatic carbocycles. The number of esters is 1. The van der Waals surface area contributed by atoms with Crippen molar-refractivity contribution in [3.05, 3.63) is 0 Å². The number of hydrogen-bond acceptors (Lipinski definition) is 6. The van der Waals surface area contributed by atoms with Crippen LogP contribution in [0.1, 0.15) is 20.8 Å². The van der Waals surface area contributed by atoms with E-state index in [1.54, 1.807) is 13.8 Å². The van der Waals surface area contributed by atoms with E-state index in [4.69, 9.17) is 18.9 Å². The van der Waals surface area contributed by atoms with Crippen molar-refractivity contribution in [2.75, 3.05) is 13.2 Å². The summed E-state index contributed by atoms with van der Waals surface area (Å²) in [5, 5.41) is 9.21. The Morgan fingerprint density at radius 3 is 2.82 bits per heavy atom. The molecule has 0 aromatic heterocycles. The van der Waals surface area contributed by atoms with Crippen molar-refractivity contribution in [1.29, 1.82) is 0 Å². The molecular weight excluding hydrogens is 228 g/mol. The van der Waals surface area contributed by atoms with Crippen molar-refractivity contribution in [2.24, 2.45) is 0 Å². The average molecular weight is 246 g/mol. The van der Waals surface area contributed by atoms with Crippen LogP contribution >= 0.6 is 0 Å². The molecule has 0 saturated carbocycles. The van der Waals surface area contributed by atoms with Crippen molar-refractivity contribution in [3.8, 4) is 0 Å². The number of hydrogen-bond donors (Lipinski definition) is 1. The molecule has 0 amide bonds. The Bertz CT molecular complexity index is 302. The normalized spacial score (nSPS) is 39.8. The van der Waals surface area contributed by atoms with Crippen LogP contribution in [0.3, 0.4) is 0 Å². The number of ether oxygens (including phenoxy) is 4. The molecule has 6 nitrogen and oxygen atoms in total. The van der Waals surface area contributed by atoms with Gasteiger partial charge in [0.1, 0.15) is 18.3 Å². The van der Waals surface area contributed by atoms with E-state index in [0.717, 1.165) is 0 Å². The van der Waals surface area contributed by atoms with E-state index in [9.17, 15) is 9.90 Å². The molecule has 98 valence electrons. The third-order valence-corrected chi connectivity index (χ3v) is 2.90. The molecule has 2 heterocycles. The zero-order chi connectivity index (χ0) is 12.6. The Kier molecular flexibility index (Phi) is 3.40. The van der Waals surface area contributed by atoms with Gasteiger partial charge in [0, 0.05) is 6.92 Å². The lowest BCUT2D eigenvalue weighted by molar-refractivity contribution is -0.300. The first kappa shape index (κ1) is 12.8. The van der Waals surface area contributed by atoms with Crippen LogP contribution in [0.2, 0.25) is 0 Å². The summed E-state index contributed by atoms with van der Waals surface area (Å²) in [7, 11) is 0. The minimum atomic E-state index is -0.729. The van der Waals surface area contributed by atoms with Crippen molar-refractivity contribution in [3.63, 3.8) is 0 Å². The summed E-state index contributed by atoms with van der Waals surface area (Å²) in [5.74, 6) is -1.14. The minimum Gasteiger partial charge on any atom is -0.457 e. The van der Waals surface area contributed by atoms with Crippen LogP contribution in [-0.2, 0) is 23.7 Å². The van der Waals surface area contributed by atoms with Gasteiger partial charge in [0.05, 0.1) is 13.2 Å². The molecule has 2 aliphatic rings. The van der Waals surface area contributed by atoms with Gasteiger partial charge in [0.2, 0.25) is 0 Å². The predicted molar refractivity (Wildman–Crippen MR) is 56.2 cm³/mol. The van der Waals surface area contributed by atoms with Crippen molar-refractivity contribution < 1.29 is 28.8 Å². The minimum absolute atomic E-state index is 0.214. The molecule has 2 fully saturated rings. The van der Waals surface area contributed by atoms with Crippen molar-refractivity contribution in [1.82, 2.24) is 0 Å². The number of aliphatic hydroxyl groups is 1. The molecule has 4 atom stereocenters. The zero-order valence-corrected chi connectivity index (χ0v) is 10.2. The molecule has 0 radical (unpaired) electrons. The van der Waals surface area contributed by atoms with Gasteiger partial charge < -0.3 is 24.1 Å². The van der Waals surface area contributed by atoms with Gasteiger partial charge in [-0.05, 0) is 13.8 Å². The summed E-state index contributed by atoms with van der Waals surface area (Å²) < 4.78 is 21.9. The molecule has 0 unspecified atom stereocenters. The molecule has 0 aromatic rings. The predicted octanol–water partition coefficient (Wildman–Crippen LogP) is -0.171. The number of aliphatic hydroxyl groups excluding tert-OH is 1. The van der Waals surface area contributed by atoms with E-state index in [1.165, 1.54) is 6.92 Å². The third kappa shape index (κ3) is 2.60. The third-order valence-electron chi connectivity index (χ3n) is 2.90. The molecule has 0 aromatic carbocycles. The second-order valence-corrected chi connectivity index (χ2v) is 4.76. The van der Waals surface area contributed by atoms with Gasteiger partial charge in [-0.15, -0.1) is 0 Å². The second-order valence-electron chi connectivity index (χ2n) is 4.76. The van der Waals surface area contributed by atoms with Gasteiger partial charge in [-0.1, -0.05) is 0 Å². The van der Waals surface area contributed by atoms with Crippen LogP contribution in [0.15, 0.2) is 0 Å². The van der Waals surface area contributed by atoms with E-state index in [0.29, 0.717) is 6.61 Å². The Morgan fingerprint density at radius 1 is 1.53 bits per heavy atom. The van der Waals surface area contributed by atoms with Gasteiger partial charge in [0.25, 0.3) is 0 Å². The lowest BCUT2D eigenvalue weighted by Crippen LogP contribution is -2.51. The number of fused-ring (bicyclic) bond motifs is 1. The van der Waals surface area contributed by atoms with Gasteiger partial charge in [-0.2, -0.15) is 0 Å². The molecule has 2 aliphatic heterocycles. The SMILES string of the molecule is CC(=O)O[C@@H]1[C@H]2OC(C)(C)OC[C@H]2O[C@H]1CO. The highest BCUT2D eigenvalue weighted by molar-refractivity contribution is 5.66. The largest absolute Gasteiger partial charge is 0.457 e. The highest BCUT2D eigenvalue weighted by atomic mass is 16.7. The van der Waals surface area contributed by atoms with Crippen LogP contribution in [-0.4, -0.2) is 54.5 Å². The first-order valence-electron chi connectivity index (χ1n) is 5.68. The second kappa shape index (κ2) is 4.53. The monoisotopic (exact) mass is 246 g/mol. The fraction of sp³-hybridized carbons (Fsp3) is 0.909. The Balaban J connectivity index is 2.12. The van der Waals surface area contributed by atoms with E-state index in [2.05, 4.69) is 0 Å². The van der Waals surface area contributed by atoms with Gasteiger partial charge >= 0.3 is 5.97 Å². The van der Waals surface area contributed by atoms with Gasteiger partial charge in [-0.25, -0.2) is 0 Å². The molecule has 0 bridgehead atoms. The quantitative estimate of drug-likeness (QED) is 0.682. The summed E-state index contributed by atoms with van der Waals surface area (Å²) in [6.07, 6.45) is -1.82. The van der Waals surface area contributed by atoms with E-state index >= 15 is 0 Å². The smallest absolute Gasteiger partial charge is 0.303 e. The summed E-state index contributed by atoms with van der Waals surface area (Å²) in [6.45, 7) is 5.06. The summed E-state index contributed by atoms with van der Waals surface area (Å²) in [4.78, 5) is 11.1. The Morgan fingerprint density at radius 2 is 2.24 bits per heavy atom. The topological polar surface area (TPSA) is 74.2 Å². The fourth-order valence-electron chi connectivity index (χ4n) is 2.21. The van der Waals surface area contributed by atoms with Crippen molar-refractivity contribution in [2.45, 2.75) is 51.0 Å². The van der Waals surface area contributed by atoms with E-state index in [1.807, 2.05) is 0 Å². The van der Waals surface area contributed by atoms with Gasteiger partial charge in [-0.3, -0.25) is 4.79 Å². The molecule has 2 saturated heterocycles. The number of carbonyl (C=O) groups is 1. The lowest BCUT2D eigenvalue weighted by atomic mass is 10.1. The number of carbonyl (C=O) groups excluding carboxylic acids is 1. The first-order chi connectivity index (χ1) is 7.93. The van der Waals surface area contributed by atoms with Crippen LogP contribution in [0, 0.1) is 0 Å². The Labute approximate surface area is 99.8 Å². The summed E-state index contributed by atoms with van der Waals surface area (Å²) in [5.41, 5.74) is 0. The van der Waals surface area contributed by atoms with Crippen LogP contribution in [0.4, 0.5) is 0 Å². The molecular formula is C11H18O6. The fourth-order valence-corrected chi connectivity index (χ4v) is 2.21. The molecule has 6 heteroatoms. The van der Waals surface area contributed by atoms with E-state index in [-0.39, 0.29) is 18.8 Å². The standard InChI is InChI=1S/C11H18O6/c1-6(13)15-9-7(4-12)16-8-5-14-11(2,3)17-10(8)9/h7-10,12H,4-5H2,1-3H3/t7-,8+,9-,10-/m0/s1.